The molecule has 0 bridgehead atoms. The van der Waals surface area contributed by atoms with Gasteiger partial charge in [0.1, 0.15) is 11.8 Å². The highest BCUT2D eigenvalue weighted by Crippen LogP contribution is 2.32. The highest BCUT2D eigenvalue weighted by atomic mass is 16.5. The van der Waals surface area contributed by atoms with Crippen LogP contribution in [0.4, 0.5) is 5.88 Å². The lowest BCUT2D eigenvalue weighted by atomic mass is 9.97. The van der Waals surface area contributed by atoms with Gasteiger partial charge >= 0.3 is 5.97 Å². The molecule has 0 N–H and O–H groups in total. The highest BCUT2D eigenvalue weighted by Gasteiger charge is 2.30. The van der Waals surface area contributed by atoms with Crippen molar-refractivity contribution in [2.24, 2.45) is 5.92 Å². The molecule has 1 saturated heterocycles. The molecule has 3 heterocycles. The quantitative estimate of drug-likeness (QED) is 0.464. The third kappa shape index (κ3) is 3.81. The topological polar surface area (TPSA) is 92.5 Å². The van der Waals surface area contributed by atoms with Crippen LogP contribution < -0.4 is 9.64 Å². The SMILES string of the molecule is Cc1cc(C)c(OC(=O)C2CCN(c3oc(-c4ccco4)nc3C#N)CC2)c(C)c1. The second-order valence-corrected chi connectivity index (χ2v) is 7.67. The van der Waals surface area contributed by atoms with E-state index < -0.39 is 0 Å². The zero-order valence-electron chi connectivity index (χ0n) is 17.3. The standard InChI is InChI=1S/C23H23N3O4/c1-14-11-15(2)20(16(3)12-14)29-23(27)17-6-8-26(9-7-17)22-18(13-24)25-21(30-22)19-5-4-10-28-19/h4-5,10-12,17H,6-9H2,1-3H3. The number of nitriles is 1. The predicted octanol–water partition coefficient (Wildman–Crippen LogP) is 4.55. The van der Waals surface area contributed by atoms with Crippen LogP contribution in [0.3, 0.4) is 0 Å². The van der Waals surface area contributed by atoms with Crippen LogP contribution >= 0.6 is 0 Å². The van der Waals surface area contributed by atoms with Gasteiger partial charge in [-0.2, -0.15) is 10.2 Å². The molecule has 0 spiro atoms. The number of piperidine rings is 1. The van der Waals surface area contributed by atoms with Crippen molar-refractivity contribution in [3.05, 3.63) is 52.9 Å². The number of ether oxygens (including phenoxy) is 1. The third-order valence-electron chi connectivity index (χ3n) is 5.37. The lowest BCUT2D eigenvalue weighted by Crippen LogP contribution is -2.38. The zero-order chi connectivity index (χ0) is 21.3. The molecule has 1 aromatic carbocycles. The van der Waals surface area contributed by atoms with E-state index in [1.807, 2.05) is 37.8 Å². The van der Waals surface area contributed by atoms with Gasteiger partial charge in [-0.15, -0.1) is 0 Å². The van der Waals surface area contributed by atoms with Gasteiger partial charge in [-0.3, -0.25) is 4.79 Å². The molecule has 0 radical (unpaired) electrons. The number of nitrogens with zero attached hydrogens (tertiary/aromatic N) is 3. The second-order valence-electron chi connectivity index (χ2n) is 7.67. The molecule has 0 amide bonds. The average Bonchev–Trinajstić information content (AvgIpc) is 3.40. The van der Waals surface area contributed by atoms with Crippen LogP contribution in [0.15, 0.2) is 39.4 Å². The van der Waals surface area contributed by atoms with Gasteiger partial charge in [0.05, 0.1) is 12.2 Å². The molecular weight excluding hydrogens is 382 g/mol. The molecule has 3 aromatic rings. The molecule has 7 heteroatoms. The number of benzene rings is 1. The number of hydrogen-bond donors (Lipinski definition) is 0. The summed E-state index contributed by atoms with van der Waals surface area (Å²) >= 11 is 0. The summed E-state index contributed by atoms with van der Waals surface area (Å²) in [6.07, 6.45) is 2.76. The fourth-order valence-corrected chi connectivity index (χ4v) is 3.93. The first-order chi connectivity index (χ1) is 14.5. The molecule has 2 aromatic heterocycles. The number of furan rings is 1. The Morgan fingerprint density at radius 3 is 2.53 bits per heavy atom. The van der Waals surface area contributed by atoms with Gasteiger partial charge in [-0.05, 0) is 56.9 Å². The van der Waals surface area contributed by atoms with E-state index in [0.29, 0.717) is 43.3 Å². The highest BCUT2D eigenvalue weighted by molar-refractivity contribution is 5.76. The van der Waals surface area contributed by atoms with Crippen LogP contribution in [0, 0.1) is 38.0 Å². The van der Waals surface area contributed by atoms with E-state index in [4.69, 9.17) is 13.6 Å². The van der Waals surface area contributed by atoms with Crippen LogP contribution in [-0.2, 0) is 4.79 Å². The zero-order valence-corrected chi connectivity index (χ0v) is 17.3. The number of aryl methyl sites for hydroxylation is 3. The van der Waals surface area contributed by atoms with Crippen molar-refractivity contribution >= 4 is 11.9 Å². The number of hydrogen-bond acceptors (Lipinski definition) is 7. The number of rotatable bonds is 4. The number of carbonyl (C=O) groups is 1. The van der Waals surface area contributed by atoms with Crippen molar-refractivity contribution in [1.82, 2.24) is 4.98 Å². The molecule has 0 saturated carbocycles. The summed E-state index contributed by atoms with van der Waals surface area (Å²) in [6.45, 7) is 7.09. The second kappa shape index (κ2) is 8.07. The number of carbonyl (C=O) groups excluding carboxylic acids is 1. The van der Waals surface area contributed by atoms with Gasteiger partial charge in [0, 0.05) is 13.1 Å². The molecular formula is C23H23N3O4. The Morgan fingerprint density at radius 1 is 1.23 bits per heavy atom. The van der Waals surface area contributed by atoms with Crippen LogP contribution in [0.5, 0.6) is 5.75 Å². The van der Waals surface area contributed by atoms with E-state index in [1.54, 1.807) is 12.1 Å². The van der Waals surface area contributed by atoms with E-state index >= 15 is 0 Å². The van der Waals surface area contributed by atoms with Gasteiger partial charge in [-0.1, -0.05) is 17.7 Å². The Balaban J connectivity index is 1.43. The maximum absolute atomic E-state index is 12.7. The van der Waals surface area contributed by atoms with Crippen LogP contribution in [-0.4, -0.2) is 24.0 Å². The number of aromatic nitrogens is 1. The van der Waals surface area contributed by atoms with Crippen molar-refractivity contribution in [3.8, 4) is 23.5 Å². The largest absolute Gasteiger partial charge is 0.459 e. The van der Waals surface area contributed by atoms with Crippen LogP contribution in [0.1, 0.15) is 35.2 Å². The minimum absolute atomic E-state index is 0.195. The normalized spacial score (nSPS) is 14.5. The maximum Gasteiger partial charge on any atom is 0.314 e. The van der Waals surface area contributed by atoms with E-state index in [9.17, 15) is 10.1 Å². The lowest BCUT2D eigenvalue weighted by Gasteiger charge is -2.30. The molecule has 7 nitrogen and oxygen atoms in total. The van der Waals surface area contributed by atoms with Gasteiger partial charge in [-0.25, -0.2) is 0 Å². The summed E-state index contributed by atoms with van der Waals surface area (Å²) < 4.78 is 16.9. The fraction of sp³-hybridized carbons (Fsp3) is 0.348. The predicted molar refractivity (Wildman–Crippen MR) is 110 cm³/mol. The molecule has 154 valence electrons. The fourth-order valence-electron chi connectivity index (χ4n) is 3.93. The first-order valence-corrected chi connectivity index (χ1v) is 9.95. The molecule has 0 atom stereocenters. The lowest BCUT2D eigenvalue weighted by molar-refractivity contribution is -0.139. The third-order valence-corrected chi connectivity index (χ3v) is 5.37. The van der Waals surface area contributed by atoms with Crippen molar-refractivity contribution in [1.29, 1.82) is 5.26 Å². The smallest absolute Gasteiger partial charge is 0.314 e. The Kier molecular flexibility index (Phi) is 5.32. The minimum Gasteiger partial charge on any atom is -0.459 e. The van der Waals surface area contributed by atoms with Crippen LogP contribution in [0.2, 0.25) is 0 Å². The van der Waals surface area contributed by atoms with Crippen molar-refractivity contribution in [2.75, 3.05) is 18.0 Å². The summed E-state index contributed by atoms with van der Waals surface area (Å²) in [5, 5.41) is 9.43. The summed E-state index contributed by atoms with van der Waals surface area (Å²) in [7, 11) is 0. The molecule has 4 rings (SSSR count). The van der Waals surface area contributed by atoms with Crippen molar-refractivity contribution < 1.29 is 18.4 Å². The van der Waals surface area contributed by atoms with Gasteiger partial charge in [0.2, 0.25) is 11.6 Å². The Bertz CT molecular complexity index is 1080. The van der Waals surface area contributed by atoms with E-state index in [-0.39, 0.29) is 23.5 Å². The van der Waals surface area contributed by atoms with Crippen LogP contribution in [0.25, 0.3) is 11.7 Å². The van der Waals surface area contributed by atoms with E-state index in [2.05, 4.69) is 11.1 Å². The number of esters is 1. The van der Waals surface area contributed by atoms with E-state index in [0.717, 1.165) is 16.7 Å². The summed E-state index contributed by atoms with van der Waals surface area (Å²) in [6, 6.07) is 9.58. The molecule has 1 aliphatic rings. The van der Waals surface area contributed by atoms with Crippen molar-refractivity contribution in [2.45, 2.75) is 33.6 Å². The molecule has 0 unspecified atom stereocenters. The first kappa shape index (κ1) is 19.8. The Hall–Kier alpha value is -3.53. The summed E-state index contributed by atoms with van der Waals surface area (Å²) in [4.78, 5) is 18.9. The number of oxazole rings is 1. The van der Waals surface area contributed by atoms with Gasteiger partial charge in [0.25, 0.3) is 5.89 Å². The Morgan fingerprint density at radius 2 is 1.93 bits per heavy atom. The molecule has 1 fully saturated rings. The average molecular weight is 405 g/mol. The summed E-state index contributed by atoms with van der Waals surface area (Å²) in [5.41, 5.74) is 3.29. The minimum atomic E-state index is -0.209. The first-order valence-electron chi connectivity index (χ1n) is 9.95. The Labute approximate surface area is 174 Å². The molecule has 1 aliphatic heterocycles. The number of anilines is 1. The molecule has 0 aliphatic carbocycles. The van der Waals surface area contributed by atoms with Gasteiger partial charge < -0.3 is 18.5 Å². The molecule has 30 heavy (non-hydrogen) atoms. The van der Waals surface area contributed by atoms with Gasteiger partial charge in [0.15, 0.2) is 5.76 Å². The van der Waals surface area contributed by atoms with Crippen molar-refractivity contribution in [3.63, 3.8) is 0 Å². The summed E-state index contributed by atoms with van der Waals surface area (Å²) in [5.74, 6) is 1.41. The monoisotopic (exact) mass is 405 g/mol. The van der Waals surface area contributed by atoms with E-state index in [1.165, 1.54) is 6.26 Å². The maximum atomic E-state index is 12.7.